The van der Waals surface area contributed by atoms with Crippen LogP contribution in [-0.4, -0.2) is 58.7 Å². The Morgan fingerprint density at radius 3 is 2.43 bits per heavy atom. The van der Waals surface area contributed by atoms with Crippen LogP contribution < -0.4 is 10.6 Å². The van der Waals surface area contributed by atoms with Crippen LogP contribution in [0, 0.1) is 5.41 Å². The molecule has 28 heavy (non-hydrogen) atoms. The summed E-state index contributed by atoms with van der Waals surface area (Å²) in [5, 5.41) is 10.7. The summed E-state index contributed by atoms with van der Waals surface area (Å²) in [5.74, 6) is 0.131. The van der Waals surface area contributed by atoms with E-state index in [9.17, 15) is 23.1 Å². The van der Waals surface area contributed by atoms with E-state index in [1.807, 2.05) is 0 Å². The summed E-state index contributed by atoms with van der Waals surface area (Å²) >= 11 is 0. The van der Waals surface area contributed by atoms with Crippen LogP contribution in [-0.2, 0) is 11.0 Å². The highest BCUT2D eigenvalue weighted by Gasteiger charge is 2.55. The van der Waals surface area contributed by atoms with Crippen LogP contribution in [0.3, 0.4) is 0 Å². The third-order valence-electron chi connectivity index (χ3n) is 6.10. The van der Waals surface area contributed by atoms with Crippen molar-refractivity contribution in [2.75, 3.05) is 31.1 Å². The van der Waals surface area contributed by atoms with Crippen LogP contribution in [0.4, 0.5) is 19.0 Å². The zero-order valence-corrected chi connectivity index (χ0v) is 16.2. The van der Waals surface area contributed by atoms with Crippen molar-refractivity contribution in [3.8, 4) is 0 Å². The first-order valence-electron chi connectivity index (χ1n) is 9.49. The molecule has 1 aliphatic heterocycles. The lowest BCUT2D eigenvalue weighted by atomic mass is 9.71. The maximum absolute atomic E-state index is 13.3. The molecule has 1 aliphatic carbocycles. The Morgan fingerprint density at radius 2 is 1.93 bits per heavy atom. The van der Waals surface area contributed by atoms with Gasteiger partial charge in [0, 0.05) is 38.4 Å². The quantitative estimate of drug-likeness (QED) is 0.811. The number of anilines is 1. The number of aromatic nitrogens is 1. The van der Waals surface area contributed by atoms with Crippen molar-refractivity contribution in [2.45, 2.75) is 50.9 Å². The molecule has 1 unspecified atom stereocenters. The number of rotatable bonds is 3. The number of pyridine rings is 1. The summed E-state index contributed by atoms with van der Waals surface area (Å²) in [6, 6.07) is 1.86. The minimum atomic E-state index is -4.42. The highest BCUT2D eigenvalue weighted by atomic mass is 19.4. The summed E-state index contributed by atoms with van der Waals surface area (Å²) in [6.07, 6.45) is -1.62. The van der Waals surface area contributed by atoms with Gasteiger partial charge in [-0.3, -0.25) is 4.79 Å². The Kier molecular flexibility index (Phi) is 5.35. The Hall–Kier alpha value is -1.87. The second kappa shape index (κ2) is 7.18. The molecule has 2 atom stereocenters. The van der Waals surface area contributed by atoms with Gasteiger partial charge in [0.15, 0.2) is 0 Å². The average Bonchev–Trinajstić information content (AvgIpc) is 3.04. The number of nitrogens with two attached hydrogens (primary N) is 1. The zero-order chi connectivity index (χ0) is 20.7. The third-order valence-corrected chi connectivity index (χ3v) is 6.10. The standard InChI is InChI=1S/C19H27F3N4O2/c1-17(2,28)18(5-3-14(23)12-18)16(27)26-9-7-25(8-10-26)15-11-13(4-6-24-15)19(20,21)22/h4,6,11,14,28H,3,5,7-10,12,23H2,1-2H3/t14-,18?/m1/s1. The Bertz CT molecular complexity index is 727. The molecule has 3 rings (SSSR count). The van der Waals surface area contributed by atoms with E-state index in [-0.39, 0.29) is 17.8 Å². The summed E-state index contributed by atoms with van der Waals surface area (Å²) in [7, 11) is 0. The van der Waals surface area contributed by atoms with Crippen molar-refractivity contribution in [1.29, 1.82) is 0 Å². The molecule has 1 aromatic heterocycles. The molecule has 2 heterocycles. The van der Waals surface area contributed by atoms with Crippen LogP contribution in [0.25, 0.3) is 0 Å². The van der Waals surface area contributed by atoms with Crippen LogP contribution in [0.2, 0.25) is 0 Å². The molecule has 1 saturated heterocycles. The molecule has 2 aliphatic rings. The SMILES string of the molecule is CC(C)(O)C1(C(=O)N2CCN(c3cc(C(F)(F)F)ccn3)CC2)CC[C@@H](N)C1. The predicted molar refractivity (Wildman–Crippen MR) is 98.6 cm³/mol. The molecule has 1 aromatic rings. The lowest BCUT2D eigenvalue weighted by Gasteiger charge is -2.45. The smallest absolute Gasteiger partial charge is 0.389 e. The van der Waals surface area contributed by atoms with E-state index in [0.29, 0.717) is 45.4 Å². The van der Waals surface area contributed by atoms with Crippen molar-refractivity contribution in [2.24, 2.45) is 11.1 Å². The van der Waals surface area contributed by atoms with Gasteiger partial charge in [-0.2, -0.15) is 13.2 Å². The second-order valence-corrected chi connectivity index (χ2v) is 8.32. The number of carbonyl (C=O) groups is 1. The van der Waals surface area contributed by atoms with Gasteiger partial charge in [-0.25, -0.2) is 4.98 Å². The molecule has 0 spiro atoms. The van der Waals surface area contributed by atoms with Gasteiger partial charge in [-0.05, 0) is 45.2 Å². The molecule has 0 radical (unpaired) electrons. The molecule has 9 heteroatoms. The van der Waals surface area contributed by atoms with E-state index in [4.69, 9.17) is 5.73 Å². The van der Waals surface area contributed by atoms with E-state index in [1.54, 1.807) is 23.6 Å². The summed E-state index contributed by atoms with van der Waals surface area (Å²) in [5.41, 5.74) is 3.18. The van der Waals surface area contributed by atoms with Gasteiger partial charge in [0.1, 0.15) is 5.82 Å². The van der Waals surface area contributed by atoms with E-state index < -0.39 is 22.8 Å². The topological polar surface area (TPSA) is 82.7 Å². The van der Waals surface area contributed by atoms with Crippen LogP contribution >= 0.6 is 0 Å². The third kappa shape index (κ3) is 3.82. The van der Waals surface area contributed by atoms with Crippen molar-refractivity contribution >= 4 is 11.7 Å². The first-order chi connectivity index (χ1) is 12.9. The highest BCUT2D eigenvalue weighted by molar-refractivity contribution is 5.85. The van der Waals surface area contributed by atoms with E-state index in [1.165, 1.54) is 0 Å². The lowest BCUT2D eigenvalue weighted by molar-refractivity contribution is -0.158. The molecule has 3 N–H and O–H groups in total. The first kappa shape index (κ1) is 20.9. The lowest BCUT2D eigenvalue weighted by Crippen LogP contribution is -2.58. The fourth-order valence-electron chi connectivity index (χ4n) is 4.30. The molecule has 0 aromatic carbocycles. The minimum Gasteiger partial charge on any atom is -0.389 e. The number of carbonyl (C=O) groups excluding carboxylic acids is 1. The molecule has 156 valence electrons. The molecule has 0 bridgehead atoms. The molecule has 1 saturated carbocycles. The number of amides is 1. The Morgan fingerprint density at radius 1 is 1.29 bits per heavy atom. The number of aliphatic hydroxyl groups is 1. The van der Waals surface area contributed by atoms with Gasteiger partial charge < -0.3 is 20.6 Å². The predicted octanol–water partition coefficient (Wildman–Crippen LogP) is 2.02. The second-order valence-electron chi connectivity index (χ2n) is 8.32. The summed E-state index contributed by atoms with van der Waals surface area (Å²) in [6.45, 7) is 4.78. The summed E-state index contributed by atoms with van der Waals surface area (Å²) in [4.78, 5) is 20.8. The van der Waals surface area contributed by atoms with Gasteiger partial charge >= 0.3 is 6.18 Å². The van der Waals surface area contributed by atoms with Crippen LogP contribution in [0.5, 0.6) is 0 Å². The average molecular weight is 400 g/mol. The first-order valence-corrected chi connectivity index (χ1v) is 9.49. The van der Waals surface area contributed by atoms with E-state index in [2.05, 4.69) is 4.98 Å². The maximum Gasteiger partial charge on any atom is 0.416 e. The monoisotopic (exact) mass is 400 g/mol. The number of piperazine rings is 1. The van der Waals surface area contributed by atoms with Crippen molar-refractivity contribution in [3.05, 3.63) is 23.9 Å². The van der Waals surface area contributed by atoms with Crippen molar-refractivity contribution in [1.82, 2.24) is 9.88 Å². The van der Waals surface area contributed by atoms with E-state index in [0.717, 1.165) is 18.3 Å². The van der Waals surface area contributed by atoms with Gasteiger partial charge in [0.2, 0.25) is 5.91 Å². The van der Waals surface area contributed by atoms with Crippen LogP contribution in [0.15, 0.2) is 18.3 Å². The Labute approximate surface area is 162 Å². The van der Waals surface area contributed by atoms with Gasteiger partial charge in [-0.1, -0.05) is 0 Å². The number of halogens is 3. The van der Waals surface area contributed by atoms with Crippen LogP contribution in [0.1, 0.15) is 38.7 Å². The highest BCUT2D eigenvalue weighted by Crippen LogP contribution is 2.47. The number of alkyl halides is 3. The molecule has 2 fully saturated rings. The zero-order valence-electron chi connectivity index (χ0n) is 16.2. The maximum atomic E-state index is 13.3. The van der Waals surface area contributed by atoms with Gasteiger partial charge in [-0.15, -0.1) is 0 Å². The molecule has 6 nitrogen and oxygen atoms in total. The largest absolute Gasteiger partial charge is 0.416 e. The molecular weight excluding hydrogens is 373 g/mol. The van der Waals surface area contributed by atoms with E-state index >= 15 is 0 Å². The number of hydrogen-bond acceptors (Lipinski definition) is 5. The van der Waals surface area contributed by atoms with Crippen molar-refractivity contribution < 1.29 is 23.1 Å². The summed E-state index contributed by atoms with van der Waals surface area (Å²) < 4.78 is 38.8. The number of nitrogens with zero attached hydrogens (tertiary/aromatic N) is 3. The Balaban J connectivity index is 1.71. The normalized spacial score (nSPS) is 26.6. The number of hydrogen-bond donors (Lipinski definition) is 2. The molecular formula is C19H27F3N4O2. The molecule has 1 amide bonds. The van der Waals surface area contributed by atoms with Gasteiger partial charge in [0.05, 0.1) is 16.6 Å². The fraction of sp³-hybridized carbons (Fsp3) is 0.684. The fourth-order valence-corrected chi connectivity index (χ4v) is 4.30. The van der Waals surface area contributed by atoms with Gasteiger partial charge in [0.25, 0.3) is 0 Å². The minimum absolute atomic E-state index is 0.119. The van der Waals surface area contributed by atoms with Crippen molar-refractivity contribution in [3.63, 3.8) is 0 Å².